The molecule has 0 amide bonds. The number of carbonyl (C=O) groups is 1. The number of carbonyl (C=O) groups excluding carboxylic acids is 1. The van der Waals surface area contributed by atoms with Crippen LogP contribution in [0.2, 0.25) is 0 Å². The molecule has 2 nitrogen and oxygen atoms in total. The summed E-state index contributed by atoms with van der Waals surface area (Å²) in [6, 6.07) is 0. The highest BCUT2D eigenvalue weighted by atomic mass is 16.3. The number of ketones is 1. The number of rotatable bonds is 0. The van der Waals surface area contributed by atoms with Gasteiger partial charge in [0, 0.05) is 12.8 Å². The molecule has 1 rings (SSSR count). The van der Waals surface area contributed by atoms with Gasteiger partial charge in [0.2, 0.25) is 0 Å². The molecule has 11 heavy (non-hydrogen) atoms. The molecule has 0 spiro atoms. The van der Waals surface area contributed by atoms with Crippen molar-refractivity contribution in [2.24, 2.45) is 0 Å². The summed E-state index contributed by atoms with van der Waals surface area (Å²) >= 11 is 0. The van der Waals surface area contributed by atoms with Crippen LogP contribution >= 0.6 is 0 Å². The highest BCUT2D eigenvalue weighted by molar-refractivity contribution is 5.79. The van der Waals surface area contributed by atoms with E-state index < -0.39 is 0 Å². The Hall–Kier alpha value is -0.630. The molecule has 0 bridgehead atoms. The number of aliphatic hydroxyl groups excluding tert-OH is 1. The molecule has 1 atom stereocenters. The van der Waals surface area contributed by atoms with E-state index in [0.29, 0.717) is 12.8 Å². The van der Waals surface area contributed by atoms with Gasteiger partial charge in [-0.05, 0) is 12.8 Å². The van der Waals surface area contributed by atoms with Crippen molar-refractivity contribution in [3.8, 4) is 0 Å². The van der Waals surface area contributed by atoms with E-state index in [-0.39, 0.29) is 11.9 Å². The zero-order valence-electron chi connectivity index (χ0n) is 6.88. The van der Waals surface area contributed by atoms with Crippen molar-refractivity contribution in [2.75, 3.05) is 0 Å². The van der Waals surface area contributed by atoms with Crippen molar-refractivity contribution in [3.63, 3.8) is 0 Å². The first-order valence-electron chi connectivity index (χ1n) is 3.99. The average molecular weight is 156 g/mol. The summed E-state index contributed by atoms with van der Waals surface area (Å²) in [7, 11) is 0. The summed E-state index contributed by atoms with van der Waals surface area (Å²) in [6.07, 6.45) is 3.51. The highest BCUT2D eigenvalue weighted by Crippen LogP contribution is 2.13. The Kier molecular flexibility index (Phi) is 5.75. The molecule has 0 heterocycles. The van der Waals surface area contributed by atoms with Crippen LogP contribution in [0.3, 0.4) is 0 Å². The Morgan fingerprint density at radius 2 is 2.00 bits per heavy atom. The molecule has 1 unspecified atom stereocenters. The number of Topliss-reactive ketones (excluding diaryl/α,β-unsaturated/α-hetero) is 1. The van der Waals surface area contributed by atoms with Crippen molar-refractivity contribution in [2.45, 2.75) is 38.2 Å². The van der Waals surface area contributed by atoms with Crippen molar-refractivity contribution in [3.05, 3.63) is 13.2 Å². The predicted octanol–water partition coefficient (Wildman–Crippen LogP) is 1.68. The Morgan fingerprint density at radius 1 is 1.36 bits per heavy atom. The Labute approximate surface area is 67.9 Å². The van der Waals surface area contributed by atoms with Crippen molar-refractivity contribution < 1.29 is 9.90 Å². The maximum atomic E-state index is 10.7. The second-order valence-electron chi connectivity index (χ2n) is 2.64. The van der Waals surface area contributed by atoms with Crippen LogP contribution in [0.1, 0.15) is 32.1 Å². The molecule has 0 aromatic rings. The maximum absolute atomic E-state index is 10.7. The maximum Gasteiger partial charge on any atom is 0.135 e. The molecular formula is C9H16O2. The summed E-state index contributed by atoms with van der Waals surface area (Å²) < 4.78 is 0. The third kappa shape index (κ3) is 4.73. The van der Waals surface area contributed by atoms with Crippen LogP contribution in [-0.2, 0) is 4.79 Å². The average Bonchev–Trinajstić information content (AvgIpc) is 2.18. The van der Waals surface area contributed by atoms with E-state index in [9.17, 15) is 4.79 Å². The number of aliphatic hydroxyl groups is 1. The summed E-state index contributed by atoms with van der Waals surface area (Å²) in [6.45, 7) is 6.00. The standard InChI is InChI=1S/C7H12O2.C2H4/c8-6-3-1-2-4-7(9)5-6;1-2/h6,8H,1-5H2;1-2H2. The van der Waals surface area contributed by atoms with Gasteiger partial charge in [-0.25, -0.2) is 0 Å². The van der Waals surface area contributed by atoms with Gasteiger partial charge in [0.1, 0.15) is 5.78 Å². The lowest BCUT2D eigenvalue weighted by atomic mass is 10.1. The lowest BCUT2D eigenvalue weighted by molar-refractivity contribution is -0.120. The Bertz CT molecular complexity index is 121. The van der Waals surface area contributed by atoms with Crippen molar-refractivity contribution in [1.82, 2.24) is 0 Å². The highest BCUT2D eigenvalue weighted by Gasteiger charge is 2.13. The summed E-state index contributed by atoms with van der Waals surface area (Å²) in [5.41, 5.74) is 0. The quantitative estimate of drug-likeness (QED) is 0.428. The van der Waals surface area contributed by atoms with E-state index in [4.69, 9.17) is 5.11 Å². The van der Waals surface area contributed by atoms with E-state index in [0.717, 1.165) is 19.3 Å². The molecule has 0 aliphatic heterocycles. The minimum atomic E-state index is -0.347. The molecule has 0 saturated heterocycles. The minimum Gasteiger partial charge on any atom is -0.393 e. The van der Waals surface area contributed by atoms with Gasteiger partial charge < -0.3 is 5.11 Å². The summed E-state index contributed by atoms with van der Waals surface area (Å²) in [4.78, 5) is 10.7. The molecule has 2 heteroatoms. The zero-order valence-corrected chi connectivity index (χ0v) is 6.88. The molecule has 1 N–H and O–H groups in total. The van der Waals surface area contributed by atoms with Crippen LogP contribution in [0.15, 0.2) is 13.2 Å². The van der Waals surface area contributed by atoms with E-state index in [1.807, 2.05) is 0 Å². The third-order valence-corrected chi connectivity index (χ3v) is 1.71. The van der Waals surface area contributed by atoms with Crippen molar-refractivity contribution in [1.29, 1.82) is 0 Å². The lowest BCUT2D eigenvalue weighted by Crippen LogP contribution is -2.08. The zero-order chi connectivity index (χ0) is 8.69. The van der Waals surface area contributed by atoms with Gasteiger partial charge in [0.15, 0.2) is 0 Å². The van der Waals surface area contributed by atoms with Crippen molar-refractivity contribution >= 4 is 5.78 Å². The number of hydrogen-bond donors (Lipinski definition) is 1. The molecule has 0 aromatic heterocycles. The summed E-state index contributed by atoms with van der Waals surface area (Å²) in [5, 5.41) is 9.04. The van der Waals surface area contributed by atoms with Gasteiger partial charge in [-0.3, -0.25) is 4.79 Å². The van der Waals surface area contributed by atoms with Crippen LogP contribution in [-0.4, -0.2) is 17.0 Å². The second-order valence-corrected chi connectivity index (χ2v) is 2.64. The monoisotopic (exact) mass is 156 g/mol. The molecule has 1 aliphatic rings. The molecule has 1 fully saturated rings. The van der Waals surface area contributed by atoms with Gasteiger partial charge in [0.05, 0.1) is 6.10 Å². The Morgan fingerprint density at radius 3 is 2.64 bits per heavy atom. The van der Waals surface area contributed by atoms with Crippen LogP contribution in [0.25, 0.3) is 0 Å². The number of hydrogen-bond acceptors (Lipinski definition) is 2. The van der Waals surface area contributed by atoms with E-state index >= 15 is 0 Å². The lowest BCUT2D eigenvalue weighted by Gasteiger charge is -2.01. The molecule has 64 valence electrons. The van der Waals surface area contributed by atoms with Crippen LogP contribution < -0.4 is 0 Å². The smallest absolute Gasteiger partial charge is 0.135 e. The van der Waals surface area contributed by atoms with E-state index in [1.54, 1.807) is 0 Å². The SMILES string of the molecule is C=C.O=C1CCCCC(O)C1. The molecule has 0 radical (unpaired) electrons. The molecule has 0 aromatic carbocycles. The largest absolute Gasteiger partial charge is 0.393 e. The second kappa shape index (κ2) is 6.10. The predicted molar refractivity (Wildman–Crippen MR) is 45.4 cm³/mol. The van der Waals surface area contributed by atoms with E-state index in [1.165, 1.54) is 0 Å². The normalized spacial score (nSPS) is 24.8. The first-order chi connectivity index (χ1) is 5.29. The fourth-order valence-electron chi connectivity index (χ4n) is 1.17. The summed E-state index contributed by atoms with van der Waals surface area (Å²) in [5.74, 6) is 0.222. The van der Waals surface area contributed by atoms with Crippen LogP contribution in [0, 0.1) is 0 Å². The fourth-order valence-corrected chi connectivity index (χ4v) is 1.17. The van der Waals surface area contributed by atoms with Gasteiger partial charge in [-0.2, -0.15) is 0 Å². The van der Waals surface area contributed by atoms with Gasteiger partial charge in [0.25, 0.3) is 0 Å². The first-order valence-corrected chi connectivity index (χ1v) is 3.99. The van der Waals surface area contributed by atoms with Crippen LogP contribution in [0.4, 0.5) is 0 Å². The molecule has 1 aliphatic carbocycles. The molecular weight excluding hydrogens is 140 g/mol. The van der Waals surface area contributed by atoms with Gasteiger partial charge in [-0.1, -0.05) is 6.42 Å². The minimum absolute atomic E-state index is 0.222. The topological polar surface area (TPSA) is 37.3 Å². The van der Waals surface area contributed by atoms with Gasteiger partial charge >= 0.3 is 0 Å². The van der Waals surface area contributed by atoms with Gasteiger partial charge in [-0.15, -0.1) is 13.2 Å². The Balaban J connectivity index is 0.000000461. The third-order valence-electron chi connectivity index (χ3n) is 1.71. The fraction of sp³-hybridized carbons (Fsp3) is 0.667. The van der Waals surface area contributed by atoms with E-state index in [2.05, 4.69) is 13.2 Å². The van der Waals surface area contributed by atoms with Crippen LogP contribution in [0.5, 0.6) is 0 Å². The first kappa shape index (κ1) is 10.4. The molecule has 1 saturated carbocycles.